The molecule has 0 saturated carbocycles. The third-order valence-electron chi connectivity index (χ3n) is 3.79. The van der Waals surface area contributed by atoms with Crippen LogP contribution in [0.3, 0.4) is 0 Å². The fraction of sp³-hybridized carbons (Fsp3) is 0.312. The molecule has 3 nitrogen and oxygen atoms in total. The molecule has 1 aliphatic rings. The lowest BCUT2D eigenvalue weighted by Gasteiger charge is -2.16. The Hall–Kier alpha value is -1.87. The van der Waals surface area contributed by atoms with Crippen LogP contribution in [0.1, 0.15) is 29.3 Å². The summed E-state index contributed by atoms with van der Waals surface area (Å²) in [7, 11) is 0. The van der Waals surface area contributed by atoms with Crippen molar-refractivity contribution in [3.8, 4) is 0 Å². The number of nitrogens with zero attached hydrogens (tertiary/aromatic N) is 1. The molecule has 19 heavy (non-hydrogen) atoms. The van der Waals surface area contributed by atoms with Gasteiger partial charge in [0, 0.05) is 11.8 Å². The third-order valence-corrected chi connectivity index (χ3v) is 3.79. The molecule has 1 aromatic heterocycles. The zero-order valence-corrected chi connectivity index (χ0v) is 10.7. The van der Waals surface area contributed by atoms with Crippen molar-refractivity contribution in [2.24, 2.45) is 0 Å². The van der Waals surface area contributed by atoms with Crippen LogP contribution in [0.15, 0.2) is 47.3 Å². The Labute approximate surface area is 112 Å². The molecule has 0 saturated heterocycles. The smallest absolute Gasteiger partial charge is 0.250 e. The van der Waals surface area contributed by atoms with Gasteiger partial charge in [-0.15, -0.1) is 0 Å². The molecule has 0 spiro atoms. The predicted molar refractivity (Wildman–Crippen MR) is 74.1 cm³/mol. The van der Waals surface area contributed by atoms with E-state index in [-0.39, 0.29) is 5.56 Å². The zero-order chi connectivity index (χ0) is 13.2. The highest BCUT2D eigenvalue weighted by Gasteiger charge is 2.18. The van der Waals surface area contributed by atoms with Crippen molar-refractivity contribution < 1.29 is 5.11 Å². The van der Waals surface area contributed by atoms with E-state index in [1.54, 1.807) is 10.6 Å². The minimum atomic E-state index is -0.633. The van der Waals surface area contributed by atoms with Crippen LogP contribution in [0, 0.1) is 0 Å². The monoisotopic (exact) mass is 255 g/mol. The second kappa shape index (κ2) is 5.02. The van der Waals surface area contributed by atoms with Crippen molar-refractivity contribution >= 4 is 0 Å². The Morgan fingerprint density at radius 3 is 2.68 bits per heavy atom. The molecule has 0 fully saturated rings. The average molecular weight is 255 g/mol. The number of aliphatic hydroxyl groups is 1. The lowest BCUT2D eigenvalue weighted by atomic mass is 10.1. The Bertz CT molecular complexity index is 631. The molecule has 1 atom stereocenters. The summed E-state index contributed by atoms with van der Waals surface area (Å²) in [5, 5.41) is 10.3. The number of fused-ring (bicyclic) bond motifs is 1. The van der Waals surface area contributed by atoms with Gasteiger partial charge >= 0.3 is 0 Å². The normalized spacial score (nSPS) is 15.2. The van der Waals surface area contributed by atoms with Crippen LogP contribution in [-0.4, -0.2) is 9.67 Å². The van der Waals surface area contributed by atoms with E-state index in [2.05, 4.69) is 0 Å². The van der Waals surface area contributed by atoms with Crippen LogP contribution in [0.2, 0.25) is 0 Å². The van der Waals surface area contributed by atoms with Crippen molar-refractivity contribution in [3.63, 3.8) is 0 Å². The fourth-order valence-electron chi connectivity index (χ4n) is 2.79. The lowest BCUT2D eigenvalue weighted by molar-refractivity contribution is 0.154. The second-order valence-electron chi connectivity index (χ2n) is 5.03. The number of benzene rings is 1. The van der Waals surface area contributed by atoms with E-state index >= 15 is 0 Å². The van der Waals surface area contributed by atoms with Crippen LogP contribution < -0.4 is 5.56 Å². The molecular formula is C16H17NO2. The maximum absolute atomic E-state index is 12.0. The zero-order valence-electron chi connectivity index (χ0n) is 10.7. The second-order valence-corrected chi connectivity index (χ2v) is 5.03. The van der Waals surface area contributed by atoms with Gasteiger partial charge < -0.3 is 9.67 Å². The first-order chi connectivity index (χ1) is 9.25. The molecule has 0 amide bonds. The van der Waals surface area contributed by atoms with Gasteiger partial charge in [-0.3, -0.25) is 4.79 Å². The van der Waals surface area contributed by atoms with Gasteiger partial charge in [0.15, 0.2) is 0 Å². The average Bonchev–Trinajstić information content (AvgIpc) is 2.91. The fourth-order valence-corrected chi connectivity index (χ4v) is 2.79. The Morgan fingerprint density at radius 2 is 1.89 bits per heavy atom. The van der Waals surface area contributed by atoms with E-state index in [9.17, 15) is 9.90 Å². The van der Waals surface area contributed by atoms with Gasteiger partial charge in [-0.2, -0.15) is 0 Å². The van der Waals surface area contributed by atoms with Gasteiger partial charge in [-0.25, -0.2) is 0 Å². The van der Waals surface area contributed by atoms with Crippen molar-refractivity contribution in [2.45, 2.75) is 31.9 Å². The molecule has 3 heteroatoms. The summed E-state index contributed by atoms with van der Waals surface area (Å²) >= 11 is 0. The molecule has 1 aliphatic carbocycles. The summed E-state index contributed by atoms with van der Waals surface area (Å²) in [6.45, 7) is 0.339. The van der Waals surface area contributed by atoms with Crippen LogP contribution in [0.25, 0.3) is 0 Å². The topological polar surface area (TPSA) is 42.2 Å². The van der Waals surface area contributed by atoms with E-state index in [1.165, 1.54) is 5.56 Å². The van der Waals surface area contributed by atoms with E-state index < -0.39 is 6.10 Å². The standard InChI is InChI=1S/C16H17NO2/c18-15(13-5-2-1-3-6-13)11-17-14-8-4-7-12(14)9-10-16(17)19/h1-3,5-6,9-10,15,18H,4,7-8,11H2. The Morgan fingerprint density at radius 1 is 1.11 bits per heavy atom. The summed E-state index contributed by atoms with van der Waals surface area (Å²) < 4.78 is 1.74. The first-order valence-electron chi connectivity index (χ1n) is 6.70. The first-order valence-corrected chi connectivity index (χ1v) is 6.70. The van der Waals surface area contributed by atoms with Gasteiger partial charge in [0.1, 0.15) is 0 Å². The van der Waals surface area contributed by atoms with Gasteiger partial charge in [-0.05, 0) is 30.4 Å². The van der Waals surface area contributed by atoms with Crippen LogP contribution in [0.4, 0.5) is 0 Å². The molecule has 1 N–H and O–H groups in total. The minimum absolute atomic E-state index is 0.0179. The first kappa shape index (κ1) is 12.2. The molecule has 2 aromatic rings. The van der Waals surface area contributed by atoms with Gasteiger partial charge in [0.05, 0.1) is 12.6 Å². The number of hydrogen-bond acceptors (Lipinski definition) is 2. The number of hydrogen-bond donors (Lipinski definition) is 1. The molecule has 3 rings (SSSR count). The molecule has 98 valence electrons. The molecule has 0 aliphatic heterocycles. The SMILES string of the molecule is O=c1ccc2c(n1CC(O)c1ccccc1)CCC2. The highest BCUT2D eigenvalue weighted by Crippen LogP contribution is 2.22. The number of aromatic nitrogens is 1. The molecule has 1 heterocycles. The number of rotatable bonds is 3. The maximum Gasteiger partial charge on any atom is 0.250 e. The summed E-state index contributed by atoms with van der Waals surface area (Å²) in [5.74, 6) is 0. The Kier molecular flexibility index (Phi) is 3.22. The number of aliphatic hydroxyl groups excluding tert-OH is 1. The molecule has 1 unspecified atom stereocenters. The van der Waals surface area contributed by atoms with E-state index in [4.69, 9.17) is 0 Å². The summed E-state index contributed by atoms with van der Waals surface area (Å²) in [5.41, 5.74) is 3.18. The van der Waals surface area contributed by atoms with Crippen molar-refractivity contribution in [1.29, 1.82) is 0 Å². The van der Waals surface area contributed by atoms with E-state index in [1.807, 2.05) is 36.4 Å². The van der Waals surface area contributed by atoms with Gasteiger partial charge in [0.25, 0.3) is 5.56 Å². The molecule has 0 radical (unpaired) electrons. The molecule has 0 bridgehead atoms. The highest BCUT2D eigenvalue weighted by molar-refractivity contribution is 5.26. The van der Waals surface area contributed by atoms with Crippen LogP contribution in [0.5, 0.6) is 0 Å². The lowest BCUT2D eigenvalue weighted by Crippen LogP contribution is -2.25. The molecular weight excluding hydrogens is 238 g/mol. The van der Waals surface area contributed by atoms with Gasteiger partial charge in [-0.1, -0.05) is 36.4 Å². The van der Waals surface area contributed by atoms with Crippen LogP contribution in [-0.2, 0) is 19.4 Å². The Balaban J connectivity index is 1.92. The predicted octanol–water partition coefficient (Wildman–Crippen LogP) is 2.07. The van der Waals surface area contributed by atoms with Crippen molar-refractivity contribution in [3.05, 3.63) is 69.6 Å². The van der Waals surface area contributed by atoms with E-state index in [0.717, 1.165) is 30.5 Å². The minimum Gasteiger partial charge on any atom is -0.387 e. The van der Waals surface area contributed by atoms with Crippen molar-refractivity contribution in [2.75, 3.05) is 0 Å². The van der Waals surface area contributed by atoms with E-state index in [0.29, 0.717) is 6.54 Å². The van der Waals surface area contributed by atoms with Gasteiger partial charge in [0.2, 0.25) is 0 Å². The van der Waals surface area contributed by atoms with Crippen LogP contribution >= 0.6 is 0 Å². The third kappa shape index (κ3) is 2.34. The number of aryl methyl sites for hydroxylation is 1. The summed E-state index contributed by atoms with van der Waals surface area (Å²) in [4.78, 5) is 12.0. The maximum atomic E-state index is 12.0. The molecule has 1 aromatic carbocycles. The summed E-state index contributed by atoms with van der Waals surface area (Å²) in [6, 6.07) is 13.0. The highest BCUT2D eigenvalue weighted by atomic mass is 16.3. The largest absolute Gasteiger partial charge is 0.387 e. The quantitative estimate of drug-likeness (QED) is 0.912. The van der Waals surface area contributed by atoms with Crippen molar-refractivity contribution in [1.82, 2.24) is 4.57 Å². The number of pyridine rings is 1. The summed E-state index contributed by atoms with van der Waals surface area (Å²) in [6.07, 6.45) is 2.44.